The van der Waals surface area contributed by atoms with Crippen LogP contribution in [0.4, 0.5) is 0 Å². The van der Waals surface area contributed by atoms with Gasteiger partial charge in [-0.1, -0.05) is 30.3 Å². The average molecular weight is 391 g/mol. The van der Waals surface area contributed by atoms with Gasteiger partial charge in [0.25, 0.3) is 15.9 Å². The lowest BCUT2D eigenvalue weighted by Gasteiger charge is -2.19. The van der Waals surface area contributed by atoms with Crippen LogP contribution < -0.4 is 10.5 Å². The predicted octanol–water partition coefficient (Wildman–Crippen LogP) is 1.92. The Morgan fingerprint density at radius 3 is 2.44 bits per heavy atom. The summed E-state index contributed by atoms with van der Waals surface area (Å²) in [6, 6.07) is 12.3. The number of hydrogen-bond acceptors (Lipinski definition) is 5. The smallest absolute Gasteiger partial charge is 0.289 e. The summed E-state index contributed by atoms with van der Waals surface area (Å²) in [5, 5.41) is -0.274. The number of sulfonamides is 1. The van der Waals surface area contributed by atoms with Crippen molar-refractivity contribution in [1.29, 1.82) is 0 Å². The standard InChI is InChI=1S/C19H25N3O4S/c1-19(2,3)21-27(24,25)17-10-9-16(26-17)18(23)22-11-14(15(20)12-22)13-7-5-4-6-8-13/h4-10,14-15,21H,11-12,20H2,1-3H3/t14-,15+/m0/s1. The topological polar surface area (TPSA) is 106 Å². The van der Waals surface area contributed by atoms with Crippen LogP contribution in [0.3, 0.4) is 0 Å². The molecule has 0 aliphatic carbocycles. The highest BCUT2D eigenvalue weighted by Gasteiger charge is 2.36. The lowest BCUT2D eigenvalue weighted by atomic mass is 9.95. The second kappa shape index (κ2) is 7.10. The SMILES string of the molecule is CC(C)(C)NS(=O)(=O)c1ccc(C(=O)N2C[C@@H](N)[C@H](c3ccccc3)C2)o1. The molecule has 2 heterocycles. The van der Waals surface area contributed by atoms with Gasteiger partial charge in [-0.3, -0.25) is 4.79 Å². The molecule has 1 fully saturated rings. The number of hydrogen-bond donors (Lipinski definition) is 2. The van der Waals surface area contributed by atoms with Crippen LogP contribution in [-0.2, 0) is 10.0 Å². The van der Waals surface area contributed by atoms with Crippen molar-refractivity contribution in [1.82, 2.24) is 9.62 Å². The quantitative estimate of drug-likeness (QED) is 0.828. The first kappa shape index (κ1) is 19.6. The first-order valence-electron chi connectivity index (χ1n) is 8.80. The van der Waals surface area contributed by atoms with Crippen LogP contribution in [0.1, 0.15) is 42.8 Å². The van der Waals surface area contributed by atoms with Gasteiger partial charge in [0, 0.05) is 30.6 Å². The Balaban J connectivity index is 1.75. The number of rotatable bonds is 4. The van der Waals surface area contributed by atoms with Gasteiger partial charge in [0.15, 0.2) is 5.76 Å². The van der Waals surface area contributed by atoms with E-state index in [1.54, 1.807) is 25.7 Å². The molecule has 0 spiro atoms. The second-order valence-corrected chi connectivity index (χ2v) is 9.48. The number of carbonyl (C=O) groups excluding carboxylic acids is 1. The predicted molar refractivity (Wildman–Crippen MR) is 102 cm³/mol. The zero-order valence-corrected chi connectivity index (χ0v) is 16.5. The maximum absolute atomic E-state index is 12.8. The van der Waals surface area contributed by atoms with Gasteiger partial charge in [-0.15, -0.1) is 0 Å². The van der Waals surface area contributed by atoms with Crippen molar-refractivity contribution in [3.05, 3.63) is 53.8 Å². The maximum Gasteiger partial charge on any atom is 0.289 e. The third-order valence-electron chi connectivity index (χ3n) is 4.38. The maximum atomic E-state index is 12.8. The van der Waals surface area contributed by atoms with E-state index in [2.05, 4.69) is 4.72 Å². The van der Waals surface area contributed by atoms with Gasteiger partial charge in [0.1, 0.15) is 0 Å². The van der Waals surface area contributed by atoms with E-state index in [1.165, 1.54) is 12.1 Å². The lowest BCUT2D eigenvalue weighted by Crippen LogP contribution is -2.40. The molecule has 3 rings (SSSR count). The Hall–Kier alpha value is -2.16. The number of likely N-dealkylation sites (tertiary alicyclic amines) is 1. The molecule has 0 saturated carbocycles. The summed E-state index contributed by atoms with van der Waals surface area (Å²) in [5.74, 6) is -0.331. The number of carbonyl (C=O) groups is 1. The number of furan rings is 1. The summed E-state index contributed by atoms with van der Waals surface area (Å²) in [6.45, 7) is 6.05. The normalized spacial score (nSPS) is 20.8. The van der Waals surface area contributed by atoms with Gasteiger partial charge in [-0.2, -0.15) is 0 Å². The minimum atomic E-state index is -3.83. The molecule has 27 heavy (non-hydrogen) atoms. The summed E-state index contributed by atoms with van der Waals surface area (Å²) < 4.78 is 32.6. The van der Waals surface area contributed by atoms with Crippen LogP contribution in [-0.4, -0.2) is 43.9 Å². The summed E-state index contributed by atoms with van der Waals surface area (Å²) in [4.78, 5) is 14.4. The summed E-state index contributed by atoms with van der Waals surface area (Å²) in [5.41, 5.74) is 6.66. The molecule has 3 N–H and O–H groups in total. The van der Waals surface area contributed by atoms with Gasteiger partial charge in [0.2, 0.25) is 5.09 Å². The monoisotopic (exact) mass is 391 g/mol. The largest absolute Gasteiger partial charge is 0.438 e. The number of nitrogens with one attached hydrogen (secondary N) is 1. The van der Waals surface area contributed by atoms with Crippen LogP contribution >= 0.6 is 0 Å². The van der Waals surface area contributed by atoms with Crippen LogP contribution in [0.5, 0.6) is 0 Å². The van der Waals surface area contributed by atoms with Crippen molar-refractivity contribution in [3.8, 4) is 0 Å². The summed E-state index contributed by atoms with van der Waals surface area (Å²) in [7, 11) is -3.83. The molecule has 1 aromatic carbocycles. The van der Waals surface area contributed by atoms with E-state index in [0.717, 1.165) is 5.56 Å². The fourth-order valence-corrected chi connectivity index (χ4v) is 4.59. The first-order valence-corrected chi connectivity index (χ1v) is 10.3. The third-order valence-corrected chi connectivity index (χ3v) is 6.01. The molecule has 0 radical (unpaired) electrons. The molecule has 1 amide bonds. The molecule has 0 bridgehead atoms. The fourth-order valence-electron chi connectivity index (χ4n) is 3.24. The molecule has 146 valence electrons. The van der Waals surface area contributed by atoms with Crippen molar-refractivity contribution >= 4 is 15.9 Å². The molecule has 7 nitrogen and oxygen atoms in total. The minimum Gasteiger partial charge on any atom is -0.438 e. The highest BCUT2D eigenvalue weighted by atomic mass is 32.2. The molecule has 0 unspecified atom stereocenters. The van der Waals surface area contributed by atoms with Crippen LogP contribution in [0, 0.1) is 0 Å². The van der Waals surface area contributed by atoms with E-state index < -0.39 is 15.6 Å². The summed E-state index contributed by atoms with van der Waals surface area (Å²) in [6.07, 6.45) is 0. The van der Waals surface area contributed by atoms with Crippen molar-refractivity contribution in [2.45, 2.75) is 43.4 Å². The number of benzene rings is 1. The Bertz CT molecular complexity index is 916. The van der Waals surface area contributed by atoms with E-state index in [-0.39, 0.29) is 28.7 Å². The van der Waals surface area contributed by atoms with E-state index >= 15 is 0 Å². The lowest BCUT2D eigenvalue weighted by molar-refractivity contribution is 0.0751. The Kier molecular flexibility index (Phi) is 5.16. The molecule has 1 aliphatic rings. The van der Waals surface area contributed by atoms with Crippen LogP contribution in [0.15, 0.2) is 52.0 Å². The minimum absolute atomic E-state index is 0.00908. The zero-order valence-electron chi connectivity index (χ0n) is 15.7. The third kappa shape index (κ3) is 4.40. The molecule has 2 aromatic rings. The molecule has 1 aromatic heterocycles. The summed E-state index contributed by atoms with van der Waals surface area (Å²) >= 11 is 0. The van der Waals surface area contributed by atoms with E-state index in [1.807, 2.05) is 30.3 Å². The van der Waals surface area contributed by atoms with Gasteiger partial charge in [0.05, 0.1) is 0 Å². The Labute approximate surface area is 159 Å². The zero-order chi connectivity index (χ0) is 19.8. The molecular weight excluding hydrogens is 366 g/mol. The van der Waals surface area contributed by atoms with E-state index in [0.29, 0.717) is 13.1 Å². The molecule has 1 saturated heterocycles. The van der Waals surface area contributed by atoms with Crippen molar-refractivity contribution in [3.63, 3.8) is 0 Å². The average Bonchev–Trinajstić information content (AvgIpc) is 3.20. The number of nitrogens with two attached hydrogens (primary N) is 1. The van der Waals surface area contributed by atoms with Gasteiger partial charge < -0.3 is 15.1 Å². The highest BCUT2D eigenvalue weighted by Crippen LogP contribution is 2.28. The highest BCUT2D eigenvalue weighted by molar-refractivity contribution is 7.89. The Morgan fingerprint density at radius 1 is 1.15 bits per heavy atom. The van der Waals surface area contributed by atoms with Crippen molar-refractivity contribution < 1.29 is 17.6 Å². The van der Waals surface area contributed by atoms with E-state index in [9.17, 15) is 13.2 Å². The number of amides is 1. The Morgan fingerprint density at radius 2 is 1.81 bits per heavy atom. The van der Waals surface area contributed by atoms with Gasteiger partial charge in [-0.05, 0) is 38.5 Å². The molecular formula is C19H25N3O4S. The number of nitrogens with zero attached hydrogens (tertiary/aromatic N) is 1. The van der Waals surface area contributed by atoms with Crippen molar-refractivity contribution in [2.75, 3.05) is 13.1 Å². The van der Waals surface area contributed by atoms with Gasteiger partial charge in [-0.25, -0.2) is 13.1 Å². The van der Waals surface area contributed by atoms with Crippen LogP contribution in [0.25, 0.3) is 0 Å². The molecule has 2 atom stereocenters. The fraction of sp³-hybridized carbons (Fsp3) is 0.421. The second-order valence-electron chi connectivity index (χ2n) is 7.87. The molecule has 8 heteroatoms. The van der Waals surface area contributed by atoms with E-state index in [4.69, 9.17) is 10.2 Å². The van der Waals surface area contributed by atoms with Crippen LogP contribution in [0.2, 0.25) is 0 Å². The molecule has 1 aliphatic heterocycles. The van der Waals surface area contributed by atoms with Crippen molar-refractivity contribution in [2.24, 2.45) is 5.73 Å². The first-order chi connectivity index (χ1) is 12.6. The van der Waals surface area contributed by atoms with Gasteiger partial charge >= 0.3 is 0 Å².